The van der Waals surface area contributed by atoms with E-state index in [0.717, 1.165) is 0 Å². The summed E-state index contributed by atoms with van der Waals surface area (Å²) in [5, 5.41) is 0. The first-order valence-corrected chi connectivity index (χ1v) is 7.53. The average molecular weight is 279 g/mol. The zero-order valence-electron chi connectivity index (χ0n) is 11.7. The molecule has 0 aliphatic heterocycles. The van der Waals surface area contributed by atoms with Gasteiger partial charge in [-0.2, -0.15) is 0 Å². The molecule has 20 heavy (non-hydrogen) atoms. The van der Waals surface area contributed by atoms with E-state index in [-0.39, 0.29) is 0 Å². The number of hydrogen-bond donors (Lipinski definition) is 0. The maximum absolute atomic E-state index is 2.20. The van der Waals surface area contributed by atoms with Crippen LogP contribution >= 0.6 is 11.8 Å². The lowest BCUT2D eigenvalue weighted by Gasteiger charge is -2.08. The molecule has 3 rings (SSSR count). The third kappa shape index (κ3) is 2.66. The van der Waals surface area contributed by atoms with Crippen LogP contribution in [0, 0.1) is 13.8 Å². The van der Waals surface area contributed by atoms with Gasteiger partial charge in [0.25, 0.3) is 0 Å². The van der Waals surface area contributed by atoms with Crippen LogP contribution in [0.2, 0.25) is 0 Å². The minimum absolute atomic E-state index is 1.21. The number of benzene rings is 2. The van der Waals surface area contributed by atoms with Crippen molar-refractivity contribution < 1.29 is 0 Å². The molecule has 3 aromatic rings. The van der Waals surface area contributed by atoms with E-state index in [1.165, 1.54) is 26.7 Å². The van der Waals surface area contributed by atoms with Crippen LogP contribution in [-0.2, 0) is 0 Å². The zero-order valence-corrected chi connectivity index (χ0v) is 12.5. The Bertz CT molecular complexity index is 710. The highest BCUT2D eigenvalue weighted by molar-refractivity contribution is 7.99. The first-order chi connectivity index (χ1) is 9.74. The minimum atomic E-state index is 1.21. The maximum atomic E-state index is 2.20. The monoisotopic (exact) mass is 279 g/mol. The van der Waals surface area contributed by atoms with Gasteiger partial charge in [-0.25, -0.2) is 0 Å². The third-order valence-electron chi connectivity index (χ3n) is 3.39. The number of aryl methyl sites for hydroxylation is 2. The van der Waals surface area contributed by atoms with Crippen molar-refractivity contribution in [3.63, 3.8) is 0 Å². The van der Waals surface area contributed by atoms with Gasteiger partial charge < -0.3 is 4.57 Å². The fraction of sp³-hybridized carbons (Fsp3) is 0.111. The van der Waals surface area contributed by atoms with Crippen molar-refractivity contribution in [3.8, 4) is 5.69 Å². The molecule has 0 fully saturated rings. The molecule has 1 nitrogen and oxygen atoms in total. The molecule has 0 amide bonds. The Morgan fingerprint density at radius 2 is 1.55 bits per heavy atom. The van der Waals surface area contributed by atoms with E-state index in [2.05, 4.69) is 85.3 Å². The normalized spacial score (nSPS) is 10.7. The summed E-state index contributed by atoms with van der Waals surface area (Å²) in [5.41, 5.74) is 3.79. The highest BCUT2D eigenvalue weighted by Gasteiger charge is 2.02. The smallest absolute Gasteiger partial charge is 0.0452 e. The van der Waals surface area contributed by atoms with Gasteiger partial charge in [0.15, 0.2) is 0 Å². The molecular formula is C18H17NS. The second kappa shape index (κ2) is 5.59. The molecule has 0 atom stereocenters. The standard InChI is InChI=1S/C18H17NS/c1-14-6-3-4-8-18(14)20-17-11-9-16(10-12-17)19-13-5-7-15(19)2/h3-13H,1-2H3. The maximum Gasteiger partial charge on any atom is 0.0452 e. The number of hydrogen-bond acceptors (Lipinski definition) is 1. The quantitative estimate of drug-likeness (QED) is 0.634. The molecule has 0 spiro atoms. The molecule has 2 aromatic carbocycles. The largest absolute Gasteiger partial charge is 0.321 e. The van der Waals surface area contributed by atoms with E-state index in [1.54, 1.807) is 0 Å². The van der Waals surface area contributed by atoms with Gasteiger partial charge in [0, 0.05) is 27.4 Å². The van der Waals surface area contributed by atoms with Gasteiger partial charge in [0.05, 0.1) is 0 Å². The molecule has 0 radical (unpaired) electrons. The van der Waals surface area contributed by atoms with Crippen molar-refractivity contribution in [1.82, 2.24) is 4.57 Å². The van der Waals surface area contributed by atoms with Gasteiger partial charge in [-0.3, -0.25) is 0 Å². The summed E-state index contributed by atoms with van der Waals surface area (Å²) in [7, 11) is 0. The van der Waals surface area contributed by atoms with E-state index in [1.807, 2.05) is 11.8 Å². The predicted molar refractivity (Wildman–Crippen MR) is 85.8 cm³/mol. The fourth-order valence-corrected chi connectivity index (χ4v) is 3.13. The lowest BCUT2D eigenvalue weighted by Crippen LogP contribution is -1.93. The molecule has 100 valence electrons. The summed E-state index contributed by atoms with van der Waals surface area (Å²) in [6, 6.07) is 21.4. The Labute approximate surface area is 124 Å². The molecule has 1 heterocycles. The Hall–Kier alpha value is -1.93. The molecule has 0 N–H and O–H groups in total. The van der Waals surface area contributed by atoms with Gasteiger partial charge in [0.1, 0.15) is 0 Å². The van der Waals surface area contributed by atoms with Crippen LogP contribution in [0.3, 0.4) is 0 Å². The van der Waals surface area contributed by atoms with Crippen molar-refractivity contribution >= 4 is 11.8 Å². The van der Waals surface area contributed by atoms with Crippen molar-refractivity contribution in [2.75, 3.05) is 0 Å². The van der Waals surface area contributed by atoms with Gasteiger partial charge in [-0.1, -0.05) is 30.0 Å². The molecule has 1 aromatic heterocycles. The van der Waals surface area contributed by atoms with Crippen LogP contribution in [0.4, 0.5) is 0 Å². The lowest BCUT2D eigenvalue weighted by molar-refractivity contribution is 1.01. The molecule has 0 aliphatic carbocycles. The van der Waals surface area contributed by atoms with Gasteiger partial charge in [-0.05, 0) is 61.9 Å². The first kappa shape index (κ1) is 13.1. The second-order valence-electron chi connectivity index (χ2n) is 4.88. The summed E-state index contributed by atoms with van der Waals surface area (Å²) >= 11 is 1.82. The fourth-order valence-electron chi connectivity index (χ4n) is 2.23. The Balaban J connectivity index is 1.84. The Morgan fingerprint density at radius 3 is 2.20 bits per heavy atom. The first-order valence-electron chi connectivity index (χ1n) is 6.72. The lowest BCUT2D eigenvalue weighted by atomic mass is 10.2. The van der Waals surface area contributed by atoms with E-state index in [0.29, 0.717) is 0 Å². The summed E-state index contributed by atoms with van der Waals surface area (Å²) in [6.45, 7) is 4.27. The summed E-state index contributed by atoms with van der Waals surface area (Å²) < 4.78 is 2.20. The van der Waals surface area contributed by atoms with Gasteiger partial charge in [-0.15, -0.1) is 0 Å². The molecular weight excluding hydrogens is 262 g/mol. The van der Waals surface area contributed by atoms with Crippen LogP contribution in [0.1, 0.15) is 11.3 Å². The second-order valence-corrected chi connectivity index (χ2v) is 6.00. The zero-order chi connectivity index (χ0) is 13.9. The van der Waals surface area contributed by atoms with E-state index < -0.39 is 0 Å². The molecule has 0 saturated carbocycles. The highest BCUT2D eigenvalue weighted by Crippen LogP contribution is 2.30. The van der Waals surface area contributed by atoms with Crippen LogP contribution in [0.15, 0.2) is 76.7 Å². The van der Waals surface area contributed by atoms with E-state index >= 15 is 0 Å². The van der Waals surface area contributed by atoms with Crippen LogP contribution in [0.5, 0.6) is 0 Å². The Morgan fingerprint density at radius 1 is 0.800 bits per heavy atom. The van der Waals surface area contributed by atoms with Crippen LogP contribution in [0.25, 0.3) is 5.69 Å². The number of nitrogens with zero attached hydrogens (tertiary/aromatic N) is 1. The minimum Gasteiger partial charge on any atom is -0.321 e. The summed E-state index contributed by atoms with van der Waals surface area (Å²) in [4.78, 5) is 2.59. The number of aromatic nitrogens is 1. The van der Waals surface area contributed by atoms with Crippen molar-refractivity contribution in [3.05, 3.63) is 78.1 Å². The third-order valence-corrected chi connectivity index (χ3v) is 4.57. The molecule has 0 saturated heterocycles. The number of rotatable bonds is 3. The van der Waals surface area contributed by atoms with Crippen molar-refractivity contribution in [2.45, 2.75) is 23.6 Å². The van der Waals surface area contributed by atoms with E-state index in [4.69, 9.17) is 0 Å². The average Bonchev–Trinajstić information content (AvgIpc) is 2.89. The van der Waals surface area contributed by atoms with Gasteiger partial charge >= 0.3 is 0 Å². The predicted octanol–water partition coefficient (Wildman–Crippen LogP) is 5.25. The topological polar surface area (TPSA) is 4.93 Å². The van der Waals surface area contributed by atoms with E-state index in [9.17, 15) is 0 Å². The van der Waals surface area contributed by atoms with Crippen LogP contribution < -0.4 is 0 Å². The molecule has 0 bridgehead atoms. The molecule has 0 aliphatic rings. The van der Waals surface area contributed by atoms with Crippen molar-refractivity contribution in [2.24, 2.45) is 0 Å². The van der Waals surface area contributed by atoms with Gasteiger partial charge in [0.2, 0.25) is 0 Å². The van der Waals surface area contributed by atoms with Crippen molar-refractivity contribution in [1.29, 1.82) is 0 Å². The summed E-state index contributed by atoms with van der Waals surface area (Å²) in [5.74, 6) is 0. The molecule has 0 unspecified atom stereocenters. The SMILES string of the molecule is Cc1ccccc1Sc1ccc(-n2cccc2C)cc1. The molecule has 2 heteroatoms. The summed E-state index contributed by atoms with van der Waals surface area (Å²) in [6.07, 6.45) is 2.10. The van der Waals surface area contributed by atoms with Crippen LogP contribution in [-0.4, -0.2) is 4.57 Å². The Kier molecular flexibility index (Phi) is 3.66. The highest BCUT2D eigenvalue weighted by atomic mass is 32.2.